The lowest BCUT2D eigenvalue weighted by molar-refractivity contribution is 0.0156. The minimum atomic E-state index is -0.267. The van der Waals surface area contributed by atoms with Gasteiger partial charge in [-0.1, -0.05) is 37.2 Å². The van der Waals surface area contributed by atoms with Gasteiger partial charge in [0.1, 0.15) is 5.82 Å². The summed E-state index contributed by atoms with van der Waals surface area (Å²) in [5.74, 6) is 5.35. The maximum absolute atomic E-state index is 13.9. The molecule has 0 unspecified atom stereocenters. The van der Waals surface area contributed by atoms with Crippen molar-refractivity contribution in [3.8, 4) is 11.8 Å². The van der Waals surface area contributed by atoms with E-state index in [1.807, 2.05) is 0 Å². The molecule has 0 spiro atoms. The molecule has 1 aliphatic rings. The van der Waals surface area contributed by atoms with E-state index in [9.17, 15) is 4.39 Å². The second kappa shape index (κ2) is 8.04. The number of aliphatic hydroxyl groups is 1. The average Bonchev–Trinajstić information content (AvgIpc) is 2.48. The fourth-order valence-corrected chi connectivity index (χ4v) is 2.40. The van der Waals surface area contributed by atoms with Crippen LogP contribution in [0.1, 0.15) is 49.7 Å². The molecule has 1 aliphatic carbocycles. The summed E-state index contributed by atoms with van der Waals surface area (Å²) in [7, 11) is 0. The third-order valence-corrected chi connectivity index (χ3v) is 3.55. The minimum Gasteiger partial charge on any atom is -0.395 e. The number of rotatable bonds is 4. The van der Waals surface area contributed by atoms with E-state index in [1.165, 1.54) is 25.3 Å². The monoisotopic (exact) mass is 276 g/mol. The third kappa shape index (κ3) is 4.63. The van der Waals surface area contributed by atoms with Crippen LogP contribution in [0.3, 0.4) is 0 Å². The van der Waals surface area contributed by atoms with E-state index in [0.717, 1.165) is 12.8 Å². The standard InChI is InChI=1S/C17H21FO2/c18-17-12-14(6-4-5-11-19)9-10-15(17)13-20-16-7-2-1-3-8-16/h9-10,12,16,19H,1-3,5,7-8,11,13H2. The molecule has 0 aromatic heterocycles. The number of aliphatic hydroxyl groups excluding tert-OH is 1. The number of hydrogen-bond acceptors (Lipinski definition) is 2. The van der Waals surface area contributed by atoms with Gasteiger partial charge in [-0.3, -0.25) is 0 Å². The molecule has 2 rings (SSSR count). The van der Waals surface area contributed by atoms with E-state index >= 15 is 0 Å². The molecule has 1 N–H and O–H groups in total. The molecule has 0 atom stereocenters. The number of benzene rings is 1. The van der Waals surface area contributed by atoms with Gasteiger partial charge in [0.05, 0.1) is 19.3 Å². The van der Waals surface area contributed by atoms with Crippen LogP contribution >= 0.6 is 0 Å². The van der Waals surface area contributed by atoms with Crippen molar-refractivity contribution in [1.82, 2.24) is 0 Å². The van der Waals surface area contributed by atoms with Crippen molar-refractivity contribution < 1.29 is 14.2 Å². The molecule has 0 saturated heterocycles. The molecule has 1 saturated carbocycles. The van der Waals surface area contributed by atoms with E-state index in [0.29, 0.717) is 24.2 Å². The van der Waals surface area contributed by atoms with E-state index in [4.69, 9.17) is 9.84 Å². The normalized spacial score (nSPS) is 15.7. The van der Waals surface area contributed by atoms with Gasteiger partial charge in [0.25, 0.3) is 0 Å². The molecule has 3 heteroatoms. The van der Waals surface area contributed by atoms with Gasteiger partial charge in [-0.2, -0.15) is 0 Å². The van der Waals surface area contributed by atoms with E-state index < -0.39 is 0 Å². The molecule has 0 radical (unpaired) electrons. The zero-order valence-corrected chi connectivity index (χ0v) is 11.7. The Labute approximate surface area is 120 Å². The van der Waals surface area contributed by atoms with Gasteiger partial charge in [-0.25, -0.2) is 4.39 Å². The Kier molecular flexibility index (Phi) is 6.04. The Hall–Kier alpha value is -1.37. The van der Waals surface area contributed by atoms with Gasteiger partial charge in [-0.15, -0.1) is 0 Å². The molecular weight excluding hydrogens is 255 g/mol. The maximum Gasteiger partial charge on any atom is 0.129 e. The quantitative estimate of drug-likeness (QED) is 0.854. The van der Waals surface area contributed by atoms with Crippen molar-refractivity contribution in [3.05, 3.63) is 35.1 Å². The lowest BCUT2D eigenvalue weighted by Crippen LogP contribution is -2.16. The fourth-order valence-electron chi connectivity index (χ4n) is 2.40. The predicted octanol–water partition coefficient (Wildman–Crippen LogP) is 3.41. The van der Waals surface area contributed by atoms with Gasteiger partial charge in [0.2, 0.25) is 0 Å². The topological polar surface area (TPSA) is 29.5 Å². The Morgan fingerprint density at radius 3 is 2.75 bits per heavy atom. The summed E-state index contributed by atoms with van der Waals surface area (Å²) in [6, 6.07) is 4.97. The van der Waals surface area contributed by atoms with Gasteiger partial charge in [0, 0.05) is 17.5 Å². The van der Waals surface area contributed by atoms with Crippen LogP contribution in [0.5, 0.6) is 0 Å². The molecule has 0 amide bonds. The first-order valence-electron chi connectivity index (χ1n) is 7.29. The van der Waals surface area contributed by atoms with E-state index in [1.54, 1.807) is 12.1 Å². The predicted molar refractivity (Wildman–Crippen MR) is 76.6 cm³/mol. The first-order chi connectivity index (χ1) is 9.79. The number of hydrogen-bond donors (Lipinski definition) is 1. The highest BCUT2D eigenvalue weighted by Crippen LogP contribution is 2.22. The van der Waals surface area contributed by atoms with Crippen molar-refractivity contribution in [2.45, 2.75) is 51.2 Å². The highest BCUT2D eigenvalue weighted by atomic mass is 19.1. The molecule has 1 aromatic rings. The summed E-state index contributed by atoms with van der Waals surface area (Å²) in [5, 5.41) is 8.64. The Morgan fingerprint density at radius 2 is 2.05 bits per heavy atom. The van der Waals surface area contributed by atoms with Crippen LogP contribution in [-0.2, 0) is 11.3 Å². The second-order valence-corrected chi connectivity index (χ2v) is 5.15. The first kappa shape index (κ1) is 15.0. The summed E-state index contributed by atoms with van der Waals surface area (Å²) in [6.45, 7) is 0.365. The van der Waals surface area contributed by atoms with Gasteiger partial charge < -0.3 is 9.84 Å². The van der Waals surface area contributed by atoms with Gasteiger partial charge in [-0.05, 0) is 25.0 Å². The smallest absolute Gasteiger partial charge is 0.129 e. The van der Waals surface area contributed by atoms with Crippen molar-refractivity contribution in [2.75, 3.05) is 6.61 Å². The van der Waals surface area contributed by atoms with Crippen molar-refractivity contribution in [3.63, 3.8) is 0 Å². The third-order valence-electron chi connectivity index (χ3n) is 3.55. The highest BCUT2D eigenvalue weighted by molar-refractivity contribution is 5.36. The molecule has 0 aliphatic heterocycles. The van der Waals surface area contributed by atoms with Crippen LogP contribution in [0.2, 0.25) is 0 Å². The zero-order chi connectivity index (χ0) is 14.2. The molecule has 20 heavy (non-hydrogen) atoms. The summed E-state index contributed by atoms with van der Waals surface area (Å²) in [5.41, 5.74) is 1.22. The summed E-state index contributed by atoms with van der Waals surface area (Å²) in [4.78, 5) is 0. The van der Waals surface area contributed by atoms with Crippen molar-refractivity contribution in [1.29, 1.82) is 0 Å². The van der Waals surface area contributed by atoms with Crippen LogP contribution in [0.15, 0.2) is 18.2 Å². The van der Waals surface area contributed by atoms with Crippen molar-refractivity contribution >= 4 is 0 Å². The molecule has 0 heterocycles. The lowest BCUT2D eigenvalue weighted by atomic mass is 9.98. The molecule has 2 nitrogen and oxygen atoms in total. The van der Waals surface area contributed by atoms with E-state index in [-0.39, 0.29) is 18.5 Å². The lowest BCUT2D eigenvalue weighted by Gasteiger charge is -2.22. The van der Waals surface area contributed by atoms with Gasteiger partial charge in [0.15, 0.2) is 0 Å². The minimum absolute atomic E-state index is 0.0305. The van der Waals surface area contributed by atoms with Crippen LogP contribution < -0.4 is 0 Å². The van der Waals surface area contributed by atoms with Crippen LogP contribution in [0, 0.1) is 17.7 Å². The largest absolute Gasteiger partial charge is 0.395 e. The Balaban J connectivity index is 1.90. The second-order valence-electron chi connectivity index (χ2n) is 5.15. The molecule has 0 bridgehead atoms. The summed E-state index contributed by atoms with van der Waals surface area (Å²) in [6.07, 6.45) is 6.59. The molecule has 1 fully saturated rings. The Bertz CT molecular complexity index is 481. The number of halogens is 1. The molecule has 108 valence electrons. The summed E-state index contributed by atoms with van der Waals surface area (Å²) >= 11 is 0. The van der Waals surface area contributed by atoms with Crippen LogP contribution in [0.4, 0.5) is 4.39 Å². The fraction of sp³-hybridized carbons (Fsp3) is 0.529. The van der Waals surface area contributed by atoms with Crippen molar-refractivity contribution in [2.24, 2.45) is 0 Å². The zero-order valence-electron chi connectivity index (χ0n) is 11.7. The summed E-state index contributed by atoms with van der Waals surface area (Å²) < 4.78 is 19.7. The highest BCUT2D eigenvalue weighted by Gasteiger charge is 2.14. The Morgan fingerprint density at radius 1 is 1.25 bits per heavy atom. The number of ether oxygens (including phenoxy) is 1. The van der Waals surface area contributed by atoms with Gasteiger partial charge >= 0.3 is 0 Å². The first-order valence-corrected chi connectivity index (χ1v) is 7.29. The van der Waals surface area contributed by atoms with Crippen LogP contribution in [0.25, 0.3) is 0 Å². The average molecular weight is 276 g/mol. The maximum atomic E-state index is 13.9. The van der Waals surface area contributed by atoms with E-state index in [2.05, 4.69) is 11.8 Å². The van der Waals surface area contributed by atoms with Crippen LogP contribution in [-0.4, -0.2) is 17.8 Å². The molecular formula is C17H21FO2. The SMILES string of the molecule is OCCC#Cc1ccc(COC2CCCCC2)c(F)c1. The molecule has 1 aromatic carbocycles.